The van der Waals surface area contributed by atoms with Crippen molar-refractivity contribution in [1.82, 2.24) is 10.2 Å². The van der Waals surface area contributed by atoms with E-state index in [2.05, 4.69) is 31.0 Å². The summed E-state index contributed by atoms with van der Waals surface area (Å²) in [6.07, 6.45) is 12.6. The molecular formula is C18H34N2O. The summed E-state index contributed by atoms with van der Waals surface area (Å²) in [5.41, 5.74) is 0. The molecule has 122 valence electrons. The molecule has 1 amide bonds. The summed E-state index contributed by atoms with van der Waals surface area (Å²) in [7, 11) is 0. The molecule has 0 radical (unpaired) electrons. The van der Waals surface area contributed by atoms with E-state index in [1.807, 2.05) is 0 Å². The van der Waals surface area contributed by atoms with Crippen molar-refractivity contribution in [3.8, 4) is 0 Å². The normalized spacial score (nSPS) is 28.5. The number of unbranched alkanes of at least 4 members (excludes halogenated alkanes) is 2. The molecule has 2 rings (SSSR count). The molecule has 1 aliphatic carbocycles. The molecule has 2 aliphatic rings. The molecule has 0 spiro atoms. The van der Waals surface area contributed by atoms with E-state index in [1.165, 1.54) is 44.9 Å². The zero-order valence-electron chi connectivity index (χ0n) is 14.2. The number of hydrogen-bond acceptors (Lipinski definition) is 2. The van der Waals surface area contributed by atoms with E-state index >= 15 is 0 Å². The van der Waals surface area contributed by atoms with Crippen molar-refractivity contribution >= 4 is 5.91 Å². The Morgan fingerprint density at radius 2 is 1.90 bits per heavy atom. The third kappa shape index (κ3) is 4.00. The second kappa shape index (κ2) is 8.17. The van der Waals surface area contributed by atoms with Gasteiger partial charge >= 0.3 is 0 Å². The van der Waals surface area contributed by atoms with Crippen LogP contribution < -0.4 is 5.32 Å². The molecule has 1 heterocycles. The Labute approximate surface area is 130 Å². The van der Waals surface area contributed by atoms with Gasteiger partial charge in [0.15, 0.2) is 0 Å². The van der Waals surface area contributed by atoms with Gasteiger partial charge in [0.25, 0.3) is 0 Å². The number of nitrogens with one attached hydrogen (secondary N) is 1. The molecule has 1 saturated carbocycles. The van der Waals surface area contributed by atoms with Crippen molar-refractivity contribution in [2.24, 2.45) is 5.92 Å². The summed E-state index contributed by atoms with van der Waals surface area (Å²) in [5.74, 6) is 1.06. The van der Waals surface area contributed by atoms with E-state index < -0.39 is 0 Å². The smallest absolute Gasteiger partial charge is 0.241 e. The molecule has 0 aromatic rings. The minimum Gasteiger partial charge on any atom is -0.323 e. The molecule has 2 fully saturated rings. The maximum Gasteiger partial charge on any atom is 0.241 e. The number of amides is 1. The minimum absolute atomic E-state index is 0.0780. The van der Waals surface area contributed by atoms with Gasteiger partial charge in [0.2, 0.25) is 5.91 Å². The summed E-state index contributed by atoms with van der Waals surface area (Å²) >= 11 is 0. The van der Waals surface area contributed by atoms with Crippen LogP contribution in [-0.2, 0) is 4.79 Å². The fraction of sp³-hybridized carbons (Fsp3) is 0.944. The summed E-state index contributed by atoms with van der Waals surface area (Å²) in [5, 5.41) is 3.68. The van der Waals surface area contributed by atoms with E-state index in [-0.39, 0.29) is 6.04 Å². The van der Waals surface area contributed by atoms with Gasteiger partial charge in [-0.05, 0) is 38.5 Å². The lowest BCUT2D eigenvalue weighted by Gasteiger charge is -2.34. The molecule has 3 nitrogen and oxygen atoms in total. The quantitative estimate of drug-likeness (QED) is 0.684. The highest BCUT2D eigenvalue weighted by molar-refractivity contribution is 5.84. The topological polar surface area (TPSA) is 32.3 Å². The molecule has 1 N–H and O–H groups in total. The van der Waals surface area contributed by atoms with Gasteiger partial charge in [-0.3, -0.25) is 10.1 Å². The molecule has 0 aromatic carbocycles. The summed E-state index contributed by atoms with van der Waals surface area (Å²) in [4.78, 5) is 15.0. The largest absolute Gasteiger partial charge is 0.323 e. The van der Waals surface area contributed by atoms with Crippen molar-refractivity contribution in [1.29, 1.82) is 0 Å². The number of carbonyl (C=O) groups excluding carboxylic acids is 1. The fourth-order valence-electron chi connectivity index (χ4n) is 4.13. The van der Waals surface area contributed by atoms with Crippen LogP contribution in [-0.4, -0.2) is 29.1 Å². The van der Waals surface area contributed by atoms with Crippen molar-refractivity contribution in [2.75, 3.05) is 0 Å². The van der Waals surface area contributed by atoms with Gasteiger partial charge in [-0.25, -0.2) is 0 Å². The van der Waals surface area contributed by atoms with E-state index in [4.69, 9.17) is 0 Å². The van der Waals surface area contributed by atoms with Crippen LogP contribution in [0.25, 0.3) is 0 Å². The Kier molecular flexibility index (Phi) is 6.53. The Balaban J connectivity index is 2.02. The monoisotopic (exact) mass is 294 g/mol. The van der Waals surface area contributed by atoms with Crippen LogP contribution in [0.15, 0.2) is 0 Å². The molecular weight excluding hydrogens is 260 g/mol. The third-order valence-electron chi connectivity index (χ3n) is 5.35. The van der Waals surface area contributed by atoms with Crippen molar-refractivity contribution in [3.63, 3.8) is 0 Å². The number of rotatable bonds is 8. The third-order valence-corrected chi connectivity index (χ3v) is 5.35. The molecule has 0 bridgehead atoms. The maximum atomic E-state index is 12.8. The second-order valence-corrected chi connectivity index (χ2v) is 7.09. The molecule has 21 heavy (non-hydrogen) atoms. The predicted molar refractivity (Wildman–Crippen MR) is 88.0 cm³/mol. The van der Waals surface area contributed by atoms with Gasteiger partial charge in [0.05, 0.1) is 12.2 Å². The van der Waals surface area contributed by atoms with Crippen LogP contribution in [0.5, 0.6) is 0 Å². The Morgan fingerprint density at radius 1 is 1.19 bits per heavy atom. The summed E-state index contributed by atoms with van der Waals surface area (Å²) in [6, 6.07) is 0.471. The first kappa shape index (κ1) is 16.8. The lowest BCUT2D eigenvalue weighted by atomic mass is 10.0. The van der Waals surface area contributed by atoms with E-state index in [1.54, 1.807) is 0 Å². The van der Waals surface area contributed by atoms with Gasteiger partial charge in [0.1, 0.15) is 0 Å². The van der Waals surface area contributed by atoms with Gasteiger partial charge in [-0.1, -0.05) is 52.4 Å². The minimum atomic E-state index is 0.0780. The predicted octanol–water partition coefficient (Wildman–Crippen LogP) is 4.07. The second-order valence-electron chi connectivity index (χ2n) is 7.09. The average Bonchev–Trinajstić information content (AvgIpc) is 3.08. The van der Waals surface area contributed by atoms with Gasteiger partial charge in [-0.2, -0.15) is 0 Å². The lowest BCUT2D eigenvalue weighted by molar-refractivity contribution is -0.133. The van der Waals surface area contributed by atoms with Gasteiger partial charge in [0, 0.05) is 6.04 Å². The molecule has 1 saturated heterocycles. The summed E-state index contributed by atoms with van der Waals surface area (Å²) < 4.78 is 0. The maximum absolute atomic E-state index is 12.8. The zero-order valence-corrected chi connectivity index (χ0v) is 14.2. The van der Waals surface area contributed by atoms with Gasteiger partial charge in [-0.15, -0.1) is 0 Å². The SMILES string of the molecule is CCCCCC(C)N1C(=O)C(CCC)NC1C1CCCC1. The highest BCUT2D eigenvalue weighted by atomic mass is 16.2. The van der Waals surface area contributed by atoms with Crippen LogP contribution in [0.1, 0.15) is 85.0 Å². The molecule has 3 heteroatoms. The lowest BCUT2D eigenvalue weighted by Crippen LogP contribution is -2.47. The highest BCUT2D eigenvalue weighted by Gasteiger charge is 2.44. The highest BCUT2D eigenvalue weighted by Crippen LogP contribution is 2.34. The Hall–Kier alpha value is -0.570. The molecule has 3 unspecified atom stereocenters. The zero-order chi connectivity index (χ0) is 15.2. The standard InChI is InChI=1S/C18H34N2O/c1-4-6-7-11-14(3)20-17(15-12-8-9-13-15)19-16(10-5-2)18(20)21/h14-17,19H,4-13H2,1-3H3. The number of carbonyl (C=O) groups is 1. The van der Waals surface area contributed by atoms with Gasteiger partial charge < -0.3 is 4.90 Å². The van der Waals surface area contributed by atoms with Crippen LogP contribution in [0.2, 0.25) is 0 Å². The number of hydrogen-bond donors (Lipinski definition) is 1. The fourth-order valence-corrected chi connectivity index (χ4v) is 4.13. The first-order valence-corrected chi connectivity index (χ1v) is 9.27. The molecule has 3 atom stereocenters. The van der Waals surface area contributed by atoms with Crippen molar-refractivity contribution < 1.29 is 4.79 Å². The van der Waals surface area contributed by atoms with Crippen LogP contribution >= 0.6 is 0 Å². The number of nitrogens with zero attached hydrogens (tertiary/aromatic N) is 1. The molecule has 0 aromatic heterocycles. The van der Waals surface area contributed by atoms with E-state index in [0.29, 0.717) is 24.0 Å². The van der Waals surface area contributed by atoms with Crippen molar-refractivity contribution in [3.05, 3.63) is 0 Å². The van der Waals surface area contributed by atoms with E-state index in [0.717, 1.165) is 19.3 Å². The van der Waals surface area contributed by atoms with Crippen LogP contribution in [0.4, 0.5) is 0 Å². The van der Waals surface area contributed by atoms with Crippen LogP contribution in [0, 0.1) is 5.92 Å². The first-order chi connectivity index (χ1) is 10.2. The Bertz CT molecular complexity index is 325. The molecule has 1 aliphatic heterocycles. The van der Waals surface area contributed by atoms with E-state index in [9.17, 15) is 4.79 Å². The Morgan fingerprint density at radius 3 is 2.52 bits per heavy atom. The summed E-state index contributed by atoms with van der Waals surface area (Å²) in [6.45, 7) is 6.67. The average molecular weight is 294 g/mol. The first-order valence-electron chi connectivity index (χ1n) is 9.27. The van der Waals surface area contributed by atoms with Crippen molar-refractivity contribution in [2.45, 2.75) is 103 Å². The van der Waals surface area contributed by atoms with Crippen LogP contribution in [0.3, 0.4) is 0 Å².